The van der Waals surface area contributed by atoms with Crippen LogP contribution in [0.3, 0.4) is 0 Å². The van der Waals surface area contributed by atoms with Crippen LogP contribution in [0.5, 0.6) is 0 Å². The van der Waals surface area contributed by atoms with Gasteiger partial charge in [-0.2, -0.15) is 5.10 Å². The van der Waals surface area contributed by atoms with Crippen LogP contribution in [0.25, 0.3) is 11.3 Å². The summed E-state index contributed by atoms with van der Waals surface area (Å²) in [6.45, 7) is 2.83. The van der Waals surface area contributed by atoms with Crippen molar-refractivity contribution in [3.63, 3.8) is 0 Å². The van der Waals surface area contributed by atoms with E-state index in [0.29, 0.717) is 11.3 Å². The van der Waals surface area contributed by atoms with Crippen molar-refractivity contribution in [1.82, 2.24) is 9.78 Å². The van der Waals surface area contributed by atoms with E-state index >= 15 is 0 Å². The van der Waals surface area contributed by atoms with Crippen molar-refractivity contribution in [2.75, 3.05) is 0 Å². The maximum Gasteiger partial charge on any atom is 0.135 e. The number of nitrogens with zero attached hydrogens (tertiary/aromatic N) is 2. The van der Waals surface area contributed by atoms with Crippen molar-refractivity contribution in [2.24, 2.45) is 0 Å². The highest BCUT2D eigenvalue weighted by atomic mass is 19.1. The molecule has 0 atom stereocenters. The third-order valence-corrected chi connectivity index (χ3v) is 3.29. The second-order valence-electron chi connectivity index (χ2n) is 4.37. The fourth-order valence-corrected chi connectivity index (χ4v) is 2.42. The summed E-state index contributed by atoms with van der Waals surface area (Å²) in [4.78, 5) is 0. The van der Waals surface area contributed by atoms with E-state index < -0.39 is 11.6 Å². The summed E-state index contributed by atoms with van der Waals surface area (Å²) < 4.78 is 28.5. The van der Waals surface area contributed by atoms with E-state index in [0.717, 1.165) is 31.0 Å². The van der Waals surface area contributed by atoms with Crippen LogP contribution in [-0.4, -0.2) is 9.78 Å². The molecule has 0 unspecified atom stereocenters. The third-order valence-electron chi connectivity index (χ3n) is 3.29. The van der Waals surface area contributed by atoms with Gasteiger partial charge in [-0.15, -0.1) is 0 Å². The molecular weight excluding hydrogens is 222 g/mol. The number of fused-ring (bicyclic) bond motifs is 1. The van der Waals surface area contributed by atoms with E-state index in [1.807, 2.05) is 11.6 Å². The smallest absolute Gasteiger partial charge is 0.135 e. The van der Waals surface area contributed by atoms with E-state index in [9.17, 15) is 8.78 Å². The maximum absolute atomic E-state index is 13.7. The standard InChI is InChI=1S/C13H12F2N2/c1-8-12-3-2-6-17(12)16-13(8)10-5-4-9(14)7-11(10)15/h4-5,7H,2-3,6H2,1H3. The molecule has 2 aromatic rings. The summed E-state index contributed by atoms with van der Waals surface area (Å²) in [6, 6.07) is 3.62. The largest absolute Gasteiger partial charge is 0.269 e. The Balaban J connectivity index is 2.16. The zero-order valence-electron chi connectivity index (χ0n) is 9.50. The van der Waals surface area contributed by atoms with E-state index in [2.05, 4.69) is 5.10 Å². The molecule has 2 heterocycles. The number of hydrogen-bond acceptors (Lipinski definition) is 1. The Kier molecular flexibility index (Phi) is 2.24. The highest BCUT2D eigenvalue weighted by molar-refractivity contribution is 5.64. The van der Waals surface area contributed by atoms with Crippen LogP contribution < -0.4 is 0 Å². The molecule has 88 valence electrons. The summed E-state index contributed by atoms with van der Waals surface area (Å²) in [5.74, 6) is -1.11. The lowest BCUT2D eigenvalue weighted by Crippen LogP contribution is -1.95. The minimum Gasteiger partial charge on any atom is -0.269 e. The summed E-state index contributed by atoms with van der Waals surface area (Å²) in [6.07, 6.45) is 2.08. The molecule has 1 aliphatic heterocycles. The van der Waals surface area contributed by atoms with Crippen molar-refractivity contribution in [2.45, 2.75) is 26.3 Å². The Bertz CT molecular complexity index is 587. The lowest BCUT2D eigenvalue weighted by Gasteiger charge is -2.01. The molecular formula is C13H12F2N2. The van der Waals surface area contributed by atoms with Crippen LogP contribution in [-0.2, 0) is 13.0 Å². The molecule has 0 bridgehead atoms. The Labute approximate surface area is 97.9 Å². The second kappa shape index (κ2) is 3.65. The first-order chi connectivity index (χ1) is 8.16. The monoisotopic (exact) mass is 234 g/mol. The Morgan fingerprint density at radius 3 is 2.82 bits per heavy atom. The lowest BCUT2D eigenvalue weighted by molar-refractivity contribution is 0.584. The van der Waals surface area contributed by atoms with Gasteiger partial charge in [-0.05, 0) is 37.5 Å². The first-order valence-corrected chi connectivity index (χ1v) is 5.68. The molecule has 3 rings (SSSR count). The number of halogens is 2. The molecule has 17 heavy (non-hydrogen) atoms. The van der Waals surface area contributed by atoms with Gasteiger partial charge in [0.15, 0.2) is 0 Å². The zero-order valence-corrected chi connectivity index (χ0v) is 9.50. The minimum atomic E-state index is -0.560. The molecule has 0 saturated carbocycles. The van der Waals surface area contributed by atoms with E-state index in [-0.39, 0.29) is 0 Å². The van der Waals surface area contributed by atoms with Crippen LogP contribution >= 0.6 is 0 Å². The molecule has 0 spiro atoms. The van der Waals surface area contributed by atoms with E-state index in [1.54, 1.807) is 0 Å². The van der Waals surface area contributed by atoms with Crippen molar-refractivity contribution in [3.8, 4) is 11.3 Å². The predicted octanol–water partition coefficient (Wildman–Crippen LogP) is 3.08. The summed E-state index contributed by atoms with van der Waals surface area (Å²) >= 11 is 0. The topological polar surface area (TPSA) is 17.8 Å². The van der Waals surface area contributed by atoms with E-state index in [4.69, 9.17) is 0 Å². The number of rotatable bonds is 1. The number of aryl methyl sites for hydroxylation is 1. The maximum atomic E-state index is 13.7. The highest BCUT2D eigenvalue weighted by Gasteiger charge is 2.21. The van der Waals surface area contributed by atoms with Gasteiger partial charge in [0.1, 0.15) is 11.6 Å². The quantitative estimate of drug-likeness (QED) is 0.741. The van der Waals surface area contributed by atoms with Crippen molar-refractivity contribution in [3.05, 3.63) is 41.1 Å². The number of aromatic nitrogens is 2. The summed E-state index contributed by atoms with van der Waals surface area (Å²) in [5, 5.41) is 4.41. The van der Waals surface area contributed by atoms with Crippen LogP contribution in [0.1, 0.15) is 17.7 Å². The summed E-state index contributed by atoms with van der Waals surface area (Å²) in [7, 11) is 0. The number of benzene rings is 1. The van der Waals surface area contributed by atoms with E-state index in [1.165, 1.54) is 17.8 Å². The normalized spacial score (nSPS) is 14.1. The fraction of sp³-hybridized carbons (Fsp3) is 0.308. The molecule has 1 aromatic heterocycles. The molecule has 1 aliphatic rings. The van der Waals surface area contributed by atoms with Gasteiger partial charge in [-0.1, -0.05) is 0 Å². The average molecular weight is 234 g/mol. The molecule has 0 radical (unpaired) electrons. The molecule has 0 N–H and O–H groups in total. The van der Waals surface area contributed by atoms with Gasteiger partial charge >= 0.3 is 0 Å². The molecule has 0 amide bonds. The molecule has 1 aromatic carbocycles. The summed E-state index contributed by atoms with van der Waals surface area (Å²) in [5.41, 5.74) is 3.19. The van der Waals surface area contributed by atoms with Crippen molar-refractivity contribution >= 4 is 0 Å². The minimum absolute atomic E-state index is 0.380. The van der Waals surface area contributed by atoms with Crippen LogP contribution in [0.4, 0.5) is 8.78 Å². The average Bonchev–Trinajstić information content (AvgIpc) is 2.83. The second-order valence-corrected chi connectivity index (χ2v) is 4.37. The van der Waals surface area contributed by atoms with Gasteiger partial charge in [0.25, 0.3) is 0 Å². The molecule has 0 aliphatic carbocycles. The van der Waals surface area contributed by atoms with Gasteiger partial charge in [0.2, 0.25) is 0 Å². The molecule has 4 heteroatoms. The molecule has 0 saturated heterocycles. The molecule has 2 nitrogen and oxygen atoms in total. The van der Waals surface area contributed by atoms with Crippen LogP contribution in [0.15, 0.2) is 18.2 Å². The zero-order chi connectivity index (χ0) is 12.0. The van der Waals surface area contributed by atoms with Crippen molar-refractivity contribution < 1.29 is 8.78 Å². The fourth-order valence-electron chi connectivity index (χ4n) is 2.42. The Morgan fingerprint density at radius 1 is 1.29 bits per heavy atom. The number of hydrogen-bond donors (Lipinski definition) is 0. The Hall–Kier alpha value is -1.71. The lowest BCUT2D eigenvalue weighted by atomic mass is 10.1. The highest BCUT2D eigenvalue weighted by Crippen LogP contribution is 2.30. The van der Waals surface area contributed by atoms with Gasteiger partial charge in [-0.3, -0.25) is 4.68 Å². The van der Waals surface area contributed by atoms with Gasteiger partial charge < -0.3 is 0 Å². The van der Waals surface area contributed by atoms with Gasteiger partial charge in [0.05, 0.1) is 5.69 Å². The third kappa shape index (κ3) is 1.55. The van der Waals surface area contributed by atoms with Gasteiger partial charge in [-0.25, -0.2) is 8.78 Å². The van der Waals surface area contributed by atoms with Crippen LogP contribution in [0.2, 0.25) is 0 Å². The molecule has 0 fully saturated rings. The predicted molar refractivity (Wildman–Crippen MR) is 60.6 cm³/mol. The van der Waals surface area contributed by atoms with Gasteiger partial charge in [0, 0.05) is 23.9 Å². The first-order valence-electron chi connectivity index (χ1n) is 5.68. The SMILES string of the molecule is Cc1c(-c2ccc(F)cc2F)nn2c1CCC2. The first kappa shape index (κ1) is 10.4. The Morgan fingerprint density at radius 2 is 2.12 bits per heavy atom. The van der Waals surface area contributed by atoms with Crippen molar-refractivity contribution in [1.29, 1.82) is 0 Å². The van der Waals surface area contributed by atoms with Crippen LogP contribution in [0, 0.1) is 18.6 Å².